The molecule has 0 amide bonds. The zero-order chi connectivity index (χ0) is 13.9. The van der Waals surface area contributed by atoms with E-state index in [1.807, 2.05) is 30.3 Å². The minimum atomic E-state index is 0.202. The smallest absolute Gasteiger partial charge is 0.167 e. The van der Waals surface area contributed by atoms with Crippen molar-refractivity contribution in [2.75, 3.05) is 11.9 Å². The van der Waals surface area contributed by atoms with Crippen molar-refractivity contribution in [1.29, 1.82) is 0 Å². The minimum absolute atomic E-state index is 0.202. The van der Waals surface area contributed by atoms with Crippen LogP contribution in [0.4, 0.5) is 5.69 Å². The van der Waals surface area contributed by atoms with Crippen LogP contribution in [0.25, 0.3) is 0 Å². The van der Waals surface area contributed by atoms with Crippen LogP contribution in [0.15, 0.2) is 42.5 Å². The van der Waals surface area contributed by atoms with E-state index < -0.39 is 0 Å². The molecular formula is C18H19NO. The molecule has 0 saturated heterocycles. The van der Waals surface area contributed by atoms with Gasteiger partial charge in [0.2, 0.25) is 0 Å². The van der Waals surface area contributed by atoms with Gasteiger partial charge in [-0.15, -0.1) is 0 Å². The number of fused-ring (bicyclic) bond motifs is 1. The Morgan fingerprint density at radius 2 is 2.05 bits per heavy atom. The molecule has 0 unspecified atom stereocenters. The fraction of sp³-hybridized carbons (Fsp3) is 0.278. The second-order valence-electron chi connectivity index (χ2n) is 5.43. The second kappa shape index (κ2) is 5.49. The Bertz CT molecular complexity index is 646. The number of aryl methyl sites for hydroxylation is 2. The molecule has 0 fully saturated rings. The first-order valence-electron chi connectivity index (χ1n) is 7.18. The number of carbonyl (C=O) groups excluding carboxylic acids is 1. The summed E-state index contributed by atoms with van der Waals surface area (Å²) < 4.78 is 0. The first-order chi connectivity index (χ1) is 9.74. The first kappa shape index (κ1) is 12.9. The van der Waals surface area contributed by atoms with Gasteiger partial charge in [-0.1, -0.05) is 24.3 Å². The fourth-order valence-electron chi connectivity index (χ4n) is 2.73. The Kier molecular flexibility index (Phi) is 3.55. The molecule has 0 spiro atoms. The number of Topliss-reactive ketones (excluding diaryl/α,β-unsaturated/α-hetero) is 1. The van der Waals surface area contributed by atoms with E-state index in [4.69, 9.17) is 0 Å². The normalized spacial score (nSPS) is 13.4. The number of benzene rings is 2. The molecule has 3 rings (SSSR count). The van der Waals surface area contributed by atoms with E-state index in [0.717, 1.165) is 30.5 Å². The van der Waals surface area contributed by atoms with Gasteiger partial charge in [-0.3, -0.25) is 4.79 Å². The summed E-state index contributed by atoms with van der Waals surface area (Å²) in [4.78, 5) is 12.4. The summed E-state index contributed by atoms with van der Waals surface area (Å²) in [5.41, 5.74) is 5.58. The molecule has 0 radical (unpaired) electrons. The molecule has 20 heavy (non-hydrogen) atoms. The number of hydrogen-bond donors (Lipinski definition) is 1. The van der Waals surface area contributed by atoms with Crippen LogP contribution < -0.4 is 5.32 Å². The summed E-state index contributed by atoms with van der Waals surface area (Å²) in [7, 11) is 0. The highest BCUT2D eigenvalue weighted by Gasteiger charge is 2.13. The standard InChI is InChI=1S/C18H19NO/c1-13-5-2-3-6-14(13)12-18(20)16-8-9-17-15(11-16)7-4-10-19-17/h2-3,5-6,8-9,11,19H,4,7,10,12H2,1H3. The van der Waals surface area contributed by atoms with Crippen molar-refractivity contribution in [3.8, 4) is 0 Å². The van der Waals surface area contributed by atoms with Gasteiger partial charge >= 0.3 is 0 Å². The van der Waals surface area contributed by atoms with Crippen molar-refractivity contribution >= 4 is 11.5 Å². The van der Waals surface area contributed by atoms with Gasteiger partial charge in [0, 0.05) is 24.2 Å². The fourth-order valence-corrected chi connectivity index (χ4v) is 2.73. The molecule has 1 aliphatic heterocycles. The molecule has 2 aromatic carbocycles. The molecule has 2 heteroatoms. The maximum atomic E-state index is 12.4. The van der Waals surface area contributed by atoms with Crippen LogP contribution in [0.5, 0.6) is 0 Å². The molecule has 0 aliphatic carbocycles. The SMILES string of the molecule is Cc1ccccc1CC(=O)c1ccc2c(c1)CCCN2. The van der Waals surface area contributed by atoms with Gasteiger partial charge in [-0.25, -0.2) is 0 Å². The molecule has 0 saturated carbocycles. The molecule has 1 heterocycles. The van der Waals surface area contributed by atoms with Gasteiger partial charge in [0.15, 0.2) is 5.78 Å². The predicted molar refractivity (Wildman–Crippen MR) is 82.5 cm³/mol. The summed E-state index contributed by atoms with van der Waals surface area (Å²) in [6.45, 7) is 3.09. The predicted octanol–water partition coefficient (Wildman–Crippen LogP) is 3.78. The van der Waals surface area contributed by atoms with Crippen LogP contribution >= 0.6 is 0 Å². The summed E-state index contributed by atoms with van der Waals surface area (Å²) in [6.07, 6.45) is 2.69. The molecule has 0 atom stereocenters. The molecular weight excluding hydrogens is 246 g/mol. The van der Waals surface area contributed by atoms with Gasteiger partial charge in [-0.2, -0.15) is 0 Å². The van der Waals surface area contributed by atoms with Crippen LogP contribution in [-0.4, -0.2) is 12.3 Å². The lowest BCUT2D eigenvalue weighted by molar-refractivity contribution is 0.0992. The molecule has 2 nitrogen and oxygen atoms in total. The van der Waals surface area contributed by atoms with E-state index in [-0.39, 0.29) is 5.78 Å². The van der Waals surface area contributed by atoms with E-state index in [2.05, 4.69) is 24.4 Å². The number of hydrogen-bond acceptors (Lipinski definition) is 2. The Morgan fingerprint density at radius 1 is 1.20 bits per heavy atom. The third kappa shape index (κ3) is 2.60. The number of ketones is 1. The Labute approximate surface area is 119 Å². The van der Waals surface area contributed by atoms with Crippen LogP contribution in [0.3, 0.4) is 0 Å². The zero-order valence-corrected chi connectivity index (χ0v) is 11.8. The Morgan fingerprint density at radius 3 is 2.90 bits per heavy atom. The number of carbonyl (C=O) groups is 1. The average molecular weight is 265 g/mol. The lowest BCUT2D eigenvalue weighted by Gasteiger charge is -2.18. The van der Waals surface area contributed by atoms with E-state index in [1.165, 1.54) is 16.8 Å². The van der Waals surface area contributed by atoms with Crippen molar-refractivity contribution in [3.63, 3.8) is 0 Å². The zero-order valence-electron chi connectivity index (χ0n) is 11.8. The second-order valence-corrected chi connectivity index (χ2v) is 5.43. The number of nitrogens with one attached hydrogen (secondary N) is 1. The van der Waals surface area contributed by atoms with E-state index >= 15 is 0 Å². The van der Waals surface area contributed by atoms with Crippen molar-refractivity contribution < 1.29 is 4.79 Å². The highest BCUT2D eigenvalue weighted by atomic mass is 16.1. The van der Waals surface area contributed by atoms with Gasteiger partial charge < -0.3 is 5.32 Å². The number of anilines is 1. The van der Waals surface area contributed by atoms with E-state index in [0.29, 0.717) is 6.42 Å². The minimum Gasteiger partial charge on any atom is -0.385 e. The van der Waals surface area contributed by atoms with Gasteiger partial charge in [0.25, 0.3) is 0 Å². The van der Waals surface area contributed by atoms with Crippen LogP contribution in [-0.2, 0) is 12.8 Å². The molecule has 2 aromatic rings. The van der Waals surface area contributed by atoms with Gasteiger partial charge in [0.05, 0.1) is 0 Å². The highest BCUT2D eigenvalue weighted by Crippen LogP contribution is 2.23. The van der Waals surface area contributed by atoms with Gasteiger partial charge in [0.1, 0.15) is 0 Å². The van der Waals surface area contributed by atoms with Crippen LogP contribution in [0.2, 0.25) is 0 Å². The molecule has 102 valence electrons. The summed E-state index contributed by atoms with van der Waals surface area (Å²) in [6, 6.07) is 14.1. The maximum absolute atomic E-state index is 12.4. The molecule has 1 aliphatic rings. The molecule has 0 aromatic heterocycles. The summed E-state index contributed by atoms with van der Waals surface area (Å²) >= 11 is 0. The monoisotopic (exact) mass is 265 g/mol. The highest BCUT2D eigenvalue weighted by molar-refractivity contribution is 5.98. The first-order valence-corrected chi connectivity index (χ1v) is 7.18. The maximum Gasteiger partial charge on any atom is 0.167 e. The third-order valence-corrected chi connectivity index (χ3v) is 3.98. The van der Waals surface area contributed by atoms with E-state index in [9.17, 15) is 4.79 Å². The Balaban J connectivity index is 1.82. The largest absolute Gasteiger partial charge is 0.385 e. The lowest BCUT2D eigenvalue weighted by atomic mass is 9.95. The van der Waals surface area contributed by atoms with Crippen molar-refractivity contribution in [1.82, 2.24) is 0 Å². The van der Waals surface area contributed by atoms with Crippen molar-refractivity contribution in [3.05, 3.63) is 64.7 Å². The molecule has 0 bridgehead atoms. The summed E-state index contributed by atoms with van der Waals surface area (Å²) in [5.74, 6) is 0.202. The third-order valence-electron chi connectivity index (χ3n) is 3.98. The quantitative estimate of drug-likeness (QED) is 0.856. The van der Waals surface area contributed by atoms with Crippen molar-refractivity contribution in [2.24, 2.45) is 0 Å². The van der Waals surface area contributed by atoms with Gasteiger partial charge in [-0.05, 0) is 54.7 Å². The van der Waals surface area contributed by atoms with E-state index in [1.54, 1.807) is 0 Å². The van der Waals surface area contributed by atoms with Crippen LogP contribution in [0.1, 0.15) is 33.5 Å². The molecule has 1 N–H and O–H groups in total. The van der Waals surface area contributed by atoms with Crippen molar-refractivity contribution in [2.45, 2.75) is 26.2 Å². The number of rotatable bonds is 3. The lowest BCUT2D eigenvalue weighted by Crippen LogP contribution is -2.13. The average Bonchev–Trinajstić information content (AvgIpc) is 2.49. The topological polar surface area (TPSA) is 29.1 Å². The Hall–Kier alpha value is -2.09. The van der Waals surface area contributed by atoms with Crippen LogP contribution in [0, 0.1) is 6.92 Å². The summed E-state index contributed by atoms with van der Waals surface area (Å²) in [5, 5.41) is 3.38.